The van der Waals surface area contributed by atoms with Gasteiger partial charge in [-0.15, -0.1) is 0 Å². The molecule has 0 fully saturated rings. The average Bonchev–Trinajstić information content (AvgIpc) is 2.15. The van der Waals surface area contributed by atoms with Gasteiger partial charge in [-0.2, -0.15) is 0 Å². The zero-order chi connectivity index (χ0) is 11.1. The molecule has 1 unspecified atom stereocenters. The number of hydrogen-bond acceptors (Lipinski definition) is 2. The molecule has 16 heavy (non-hydrogen) atoms. The summed E-state index contributed by atoms with van der Waals surface area (Å²) in [5.74, 6) is 0.747. The number of benzene rings is 1. The molecule has 0 saturated carbocycles. The fraction of sp³-hybridized carbons (Fsp3) is 0.273. The van der Waals surface area contributed by atoms with Crippen LogP contribution in [-0.2, 0) is 11.1 Å². The van der Waals surface area contributed by atoms with E-state index in [-0.39, 0.29) is 35.2 Å². The van der Waals surface area contributed by atoms with Crippen LogP contribution in [0, 0.1) is 0 Å². The van der Waals surface area contributed by atoms with Gasteiger partial charge in [0.1, 0.15) is 11.4 Å². The van der Waals surface area contributed by atoms with Gasteiger partial charge in [0.2, 0.25) is 0 Å². The number of hydrogen-bond donors (Lipinski definition) is 1. The zero-order valence-corrected chi connectivity index (χ0v) is 9.38. The second-order valence-electron chi connectivity index (χ2n) is 3.99. The van der Waals surface area contributed by atoms with Gasteiger partial charge in [0, 0.05) is 5.56 Å². The molecule has 1 N–H and O–H groups in total. The van der Waals surface area contributed by atoms with Gasteiger partial charge in [-0.3, -0.25) is 0 Å². The third-order valence-electron chi connectivity index (χ3n) is 2.22. The van der Waals surface area contributed by atoms with E-state index < -0.39 is 11.1 Å². The van der Waals surface area contributed by atoms with E-state index in [0.29, 0.717) is 4.90 Å². The van der Waals surface area contributed by atoms with Crippen molar-refractivity contribution in [3.63, 3.8) is 0 Å². The first-order chi connectivity index (χ1) is 6.98. The molecule has 0 bridgehead atoms. The van der Waals surface area contributed by atoms with Crippen LogP contribution in [0.15, 0.2) is 29.2 Å². The van der Waals surface area contributed by atoms with Crippen molar-refractivity contribution >= 4 is 46.7 Å². The molecule has 1 aromatic rings. The predicted molar refractivity (Wildman–Crippen MR) is 66.4 cm³/mol. The Balaban J connectivity index is 0.00000128. The molecule has 0 aromatic heterocycles. The normalized spacial score (nSPS) is 17.9. The third kappa shape index (κ3) is 2.96. The summed E-state index contributed by atoms with van der Waals surface area (Å²) in [6.45, 7) is 3.93. The van der Waals surface area contributed by atoms with Crippen LogP contribution < -0.4 is 4.74 Å². The van der Waals surface area contributed by atoms with Gasteiger partial charge >= 0.3 is 29.6 Å². The molecule has 1 aromatic carbocycles. The number of ether oxygens (including phenoxy) is 1. The summed E-state index contributed by atoms with van der Waals surface area (Å²) in [5, 5.41) is 0. The second kappa shape index (κ2) is 5.02. The molecular formula is C11H13NaO3S. The van der Waals surface area contributed by atoms with Crippen molar-refractivity contribution in [2.75, 3.05) is 0 Å². The van der Waals surface area contributed by atoms with Gasteiger partial charge in [-0.05, 0) is 38.1 Å². The molecule has 0 saturated heterocycles. The van der Waals surface area contributed by atoms with E-state index in [1.54, 1.807) is 18.2 Å². The average molecular weight is 248 g/mol. The summed E-state index contributed by atoms with van der Waals surface area (Å²) in [4.78, 5) is 0.390. The Kier molecular flexibility index (Phi) is 4.37. The summed E-state index contributed by atoms with van der Waals surface area (Å²) in [6, 6.07) is 4.99. The Morgan fingerprint density at radius 2 is 2.06 bits per heavy atom. The summed E-state index contributed by atoms with van der Waals surface area (Å²) in [5.41, 5.74) is 0.529. The van der Waals surface area contributed by atoms with E-state index in [1.807, 2.05) is 26.0 Å². The minimum atomic E-state index is -1.94. The molecule has 1 aliphatic rings. The molecule has 0 spiro atoms. The summed E-state index contributed by atoms with van der Waals surface area (Å²) in [6.07, 6.45) is 3.84. The fourth-order valence-corrected chi connectivity index (χ4v) is 1.88. The van der Waals surface area contributed by atoms with Gasteiger partial charge in [0.05, 0.1) is 4.90 Å². The summed E-state index contributed by atoms with van der Waals surface area (Å²) >= 11 is -1.94. The van der Waals surface area contributed by atoms with Crippen molar-refractivity contribution in [1.82, 2.24) is 0 Å². The third-order valence-corrected chi connectivity index (χ3v) is 2.88. The van der Waals surface area contributed by atoms with E-state index in [9.17, 15) is 4.21 Å². The first-order valence-corrected chi connectivity index (χ1v) is 5.72. The van der Waals surface area contributed by atoms with Gasteiger partial charge in [0.25, 0.3) is 0 Å². The Labute approximate surface area is 119 Å². The first kappa shape index (κ1) is 13.9. The molecule has 82 valence electrons. The second-order valence-corrected chi connectivity index (χ2v) is 4.96. The van der Waals surface area contributed by atoms with Gasteiger partial charge < -0.3 is 9.29 Å². The monoisotopic (exact) mass is 248 g/mol. The number of fused-ring (bicyclic) bond motifs is 1. The zero-order valence-electron chi connectivity index (χ0n) is 8.56. The molecular weight excluding hydrogens is 235 g/mol. The Morgan fingerprint density at radius 3 is 2.69 bits per heavy atom. The van der Waals surface area contributed by atoms with Crippen LogP contribution in [0.25, 0.3) is 6.08 Å². The van der Waals surface area contributed by atoms with Gasteiger partial charge in [-0.25, -0.2) is 4.21 Å². The van der Waals surface area contributed by atoms with Crippen LogP contribution in [0.4, 0.5) is 0 Å². The molecule has 3 nitrogen and oxygen atoms in total. The quantitative estimate of drug-likeness (QED) is 0.609. The molecule has 1 atom stereocenters. The SMILES string of the molecule is CC1(C)C=Cc2cc(S(=O)O)ccc2O1.[NaH]. The van der Waals surface area contributed by atoms with E-state index in [4.69, 9.17) is 9.29 Å². The Morgan fingerprint density at radius 1 is 1.38 bits per heavy atom. The first-order valence-electron chi connectivity index (χ1n) is 4.61. The van der Waals surface area contributed by atoms with Crippen LogP contribution in [-0.4, -0.2) is 43.9 Å². The van der Waals surface area contributed by atoms with E-state index in [0.717, 1.165) is 11.3 Å². The fourth-order valence-electron chi connectivity index (χ4n) is 1.47. The van der Waals surface area contributed by atoms with Crippen molar-refractivity contribution in [3.8, 4) is 5.75 Å². The van der Waals surface area contributed by atoms with Crippen molar-refractivity contribution in [1.29, 1.82) is 0 Å². The molecule has 2 rings (SSSR count). The maximum absolute atomic E-state index is 10.9. The van der Waals surface area contributed by atoms with E-state index in [2.05, 4.69) is 0 Å². The van der Waals surface area contributed by atoms with Crippen LogP contribution in [0.3, 0.4) is 0 Å². The predicted octanol–water partition coefficient (Wildman–Crippen LogP) is 1.80. The maximum atomic E-state index is 10.9. The van der Waals surface area contributed by atoms with Crippen LogP contribution in [0.2, 0.25) is 0 Å². The Bertz CT molecular complexity index is 455. The van der Waals surface area contributed by atoms with E-state index in [1.165, 1.54) is 0 Å². The topological polar surface area (TPSA) is 46.5 Å². The molecule has 0 amide bonds. The van der Waals surface area contributed by atoms with Crippen molar-refractivity contribution < 1.29 is 13.5 Å². The van der Waals surface area contributed by atoms with Gasteiger partial charge in [-0.1, -0.05) is 6.08 Å². The number of rotatable bonds is 1. The van der Waals surface area contributed by atoms with Crippen LogP contribution >= 0.6 is 0 Å². The summed E-state index contributed by atoms with van der Waals surface area (Å²) < 4.78 is 25.5. The van der Waals surface area contributed by atoms with Crippen molar-refractivity contribution in [2.24, 2.45) is 0 Å². The van der Waals surface area contributed by atoms with Crippen molar-refractivity contribution in [3.05, 3.63) is 29.8 Å². The van der Waals surface area contributed by atoms with E-state index >= 15 is 0 Å². The molecule has 0 aliphatic carbocycles. The van der Waals surface area contributed by atoms with Gasteiger partial charge in [0.15, 0.2) is 11.1 Å². The summed E-state index contributed by atoms with van der Waals surface area (Å²) in [7, 11) is 0. The molecule has 1 heterocycles. The minimum absolute atomic E-state index is 0. The molecule has 0 radical (unpaired) electrons. The van der Waals surface area contributed by atoms with Crippen LogP contribution in [0.1, 0.15) is 19.4 Å². The van der Waals surface area contributed by atoms with Crippen LogP contribution in [0.5, 0.6) is 5.75 Å². The van der Waals surface area contributed by atoms with Crippen molar-refractivity contribution in [2.45, 2.75) is 24.3 Å². The molecule has 1 aliphatic heterocycles. The molecule has 5 heteroatoms. The standard InChI is InChI=1S/C11H12O3S.Na.H/c1-11(2)6-5-8-7-9(15(12)13)3-4-10(8)14-11;;/h3-7H,1-2H3,(H,12,13);;. The Hall–Kier alpha value is -0.130.